The first-order valence-corrected chi connectivity index (χ1v) is 9.72. The van der Waals surface area contributed by atoms with Crippen LogP contribution < -0.4 is 16.0 Å². The number of nitrogens with zero attached hydrogens (tertiary/aromatic N) is 2. The number of rotatable bonds is 7. The van der Waals surface area contributed by atoms with E-state index in [0.29, 0.717) is 17.2 Å². The number of nitrogens with two attached hydrogens (primary N) is 1. The van der Waals surface area contributed by atoms with Gasteiger partial charge in [0.05, 0.1) is 0 Å². The van der Waals surface area contributed by atoms with Gasteiger partial charge < -0.3 is 16.0 Å². The van der Waals surface area contributed by atoms with Gasteiger partial charge in [-0.15, -0.1) is 0 Å². The van der Waals surface area contributed by atoms with Gasteiger partial charge in [0.2, 0.25) is 0 Å². The number of hydrogen-bond donors (Lipinski definition) is 2. The van der Waals surface area contributed by atoms with E-state index in [1.165, 1.54) is 30.6 Å². The van der Waals surface area contributed by atoms with Crippen LogP contribution in [0.1, 0.15) is 41.8 Å². The van der Waals surface area contributed by atoms with Crippen molar-refractivity contribution in [1.29, 1.82) is 0 Å². The number of hydrogen-bond acceptors (Lipinski definition) is 6. The van der Waals surface area contributed by atoms with E-state index in [2.05, 4.69) is 21.5 Å². The molecule has 0 saturated carbocycles. The van der Waals surface area contributed by atoms with Crippen LogP contribution in [-0.2, 0) is 0 Å². The molecule has 0 spiro atoms. The van der Waals surface area contributed by atoms with Crippen molar-refractivity contribution in [2.45, 2.75) is 32.1 Å². The van der Waals surface area contributed by atoms with Crippen LogP contribution in [0.15, 0.2) is 0 Å². The number of nitrogens with one attached hydrogen (secondary N) is 1. The molecule has 0 aliphatic carbocycles. The van der Waals surface area contributed by atoms with Crippen molar-refractivity contribution >= 4 is 40.0 Å². The summed E-state index contributed by atoms with van der Waals surface area (Å²) in [7, 11) is 0. The summed E-state index contributed by atoms with van der Waals surface area (Å²) in [6, 6.07) is 0. The summed E-state index contributed by atoms with van der Waals surface area (Å²) >= 11 is 3.25. The monoisotopic (exact) mass is 328 g/mol. The van der Waals surface area contributed by atoms with Crippen LogP contribution in [0.2, 0.25) is 0 Å². The summed E-state index contributed by atoms with van der Waals surface area (Å²) in [6.45, 7) is 2.74. The predicted octanol–water partition coefficient (Wildman–Crippen LogP) is 2.59. The van der Waals surface area contributed by atoms with E-state index in [4.69, 9.17) is 5.73 Å². The predicted molar refractivity (Wildman–Crippen MR) is 92.5 cm³/mol. The van der Waals surface area contributed by atoms with Gasteiger partial charge in [0.1, 0.15) is 10.7 Å². The van der Waals surface area contributed by atoms with Crippen LogP contribution in [-0.4, -0.2) is 42.5 Å². The lowest BCUT2D eigenvalue weighted by Crippen LogP contribution is -2.29. The number of aromatic nitrogens is 1. The Kier molecular flexibility index (Phi) is 6.63. The van der Waals surface area contributed by atoms with Crippen LogP contribution in [0, 0.1) is 0 Å². The average Bonchev–Trinajstić information content (AvgIpc) is 2.90. The summed E-state index contributed by atoms with van der Waals surface area (Å²) in [5.41, 5.74) is 5.91. The number of amides is 1. The van der Waals surface area contributed by atoms with Crippen molar-refractivity contribution in [2.24, 2.45) is 0 Å². The highest BCUT2D eigenvalue weighted by Crippen LogP contribution is 2.29. The van der Waals surface area contributed by atoms with Crippen molar-refractivity contribution in [1.82, 2.24) is 10.3 Å². The van der Waals surface area contributed by atoms with Gasteiger partial charge >= 0.3 is 0 Å². The fourth-order valence-electron chi connectivity index (χ4n) is 2.36. The molecule has 118 valence electrons. The number of carbonyl (C=O) groups is 1. The second kappa shape index (κ2) is 8.48. The minimum atomic E-state index is -0.0857. The van der Waals surface area contributed by atoms with Gasteiger partial charge in [-0.2, -0.15) is 11.8 Å². The highest BCUT2D eigenvalue weighted by Gasteiger charge is 2.20. The lowest BCUT2D eigenvalue weighted by molar-refractivity contribution is 0.0958. The van der Waals surface area contributed by atoms with Crippen molar-refractivity contribution in [3.05, 3.63) is 4.88 Å². The van der Waals surface area contributed by atoms with Gasteiger partial charge in [-0.1, -0.05) is 11.3 Å². The summed E-state index contributed by atoms with van der Waals surface area (Å²) < 4.78 is 0. The SMILES string of the molecule is CSCCCCNC(=O)c1sc(N2CCCCC2)nc1N. The average molecular weight is 329 g/mol. The first kappa shape index (κ1) is 16.4. The van der Waals surface area contributed by atoms with Gasteiger partial charge in [-0.05, 0) is 44.1 Å². The van der Waals surface area contributed by atoms with Gasteiger partial charge in [0.15, 0.2) is 5.13 Å². The van der Waals surface area contributed by atoms with Crippen molar-refractivity contribution in [3.8, 4) is 0 Å². The van der Waals surface area contributed by atoms with E-state index in [-0.39, 0.29) is 5.91 Å². The molecule has 1 aromatic heterocycles. The molecule has 2 heterocycles. The molecule has 7 heteroatoms. The Morgan fingerprint density at radius 1 is 1.38 bits per heavy atom. The van der Waals surface area contributed by atoms with Crippen LogP contribution in [0.25, 0.3) is 0 Å². The number of nitrogen functional groups attached to an aromatic ring is 1. The lowest BCUT2D eigenvalue weighted by Gasteiger charge is -2.25. The third kappa shape index (κ3) is 4.78. The maximum absolute atomic E-state index is 12.1. The zero-order chi connectivity index (χ0) is 15.1. The van der Waals surface area contributed by atoms with E-state index in [9.17, 15) is 4.79 Å². The highest BCUT2D eigenvalue weighted by molar-refractivity contribution is 7.98. The molecule has 21 heavy (non-hydrogen) atoms. The molecule has 0 radical (unpaired) electrons. The Labute approximate surface area is 134 Å². The summed E-state index contributed by atoms with van der Waals surface area (Å²) in [5, 5.41) is 3.83. The maximum Gasteiger partial charge on any atom is 0.265 e. The molecule has 0 atom stereocenters. The summed E-state index contributed by atoms with van der Waals surface area (Å²) in [4.78, 5) is 19.3. The number of carbonyl (C=O) groups excluding carboxylic acids is 1. The number of thioether (sulfide) groups is 1. The Hall–Kier alpha value is -0.950. The molecule has 0 aromatic carbocycles. The molecule has 0 bridgehead atoms. The van der Waals surface area contributed by atoms with Crippen LogP contribution >= 0.6 is 23.1 Å². The molecular formula is C14H24N4OS2. The molecular weight excluding hydrogens is 304 g/mol. The fourth-order valence-corrected chi connectivity index (χ4v) is 3.80. The van der Waals surface area contributed by atoms with Crippen LogP contribution in [0.3, 0.4) is 0 Å². The topological polar surface area (TPSA) is 71.2 Å². The van der Waals surface area contributed by atoms with Gasteiger partial charge in [0.25, 0.3) is 5.91 Å². The second-order valence-corrected chi connectivity index (χ2v) is 7.18. The third-order valence-electron chi connectivity index (χ3n) is 3.54. The number of anilines is 2. The number of thiazole rings is 1. The normalized spacial score (nSPS) is 15.2. The third-order valence-corrected chi connectivity index (χ3v) is 5.36. The summed E-state index contributed by atoms with van der Waals surface area (Å²) in [6.07, 6.45) is 7.88. The Balaban J connectivity index is 1.87. The Morgan fingerprint density at radius 2 is 2.14 bits per heavy atom. The van der Waals surface area contributed by atoms with E-state index in [0.717, 1.165) is 36.8 Å². The first-order chi connectivity index (χ1) is 10.2. The van der Waals surface area contributed by atoms with Crippen LogP contribution in [0.5, 0.6) is 0 Å². The molecule has 0 unspecified atom stereocenters. The largest absolute Gasteiger partial charge is 0.382 e. The van der Waals surface area contributed by atoms with Gasteiger partial charge in [-0.3, -0.25) is 4.79 Å². The molecule has 1 fully saturated rings. The smallest absolute Gasteiger partial charge is 0.265 e. The number of unbranched alkanes of at least 4 members (excludes halogenated alkanes) is 1. The molecule has 1 saturated heterocycles. The minimum absolute atomic E-state index is 0.0857. The quantitative estimate of drug-likeness (QED) is 0.753. The van der Waals surface area contributed by atoms with Crippen molar-refractivity contribution in [3.63, 3.8) is 0 Å². The molecule has 1 aliphatic rings. The van der Waals surface area contributed by atoms with Crippen LogP contribution in [0.4, 0.5) is 10.9 Å². The maximum atomic E-state index is 12.1. The molecule has 3 N–H and O–H groups in total. The standard InChI is InChI=1S/C14H24N4OS2/c1-20-10-6-3-7-16-13(19)11-12(15)17-14(21-11)18-8-4-2-5-9-18/h2-10,15H2,1H3,(H,16,19). The zero-order valence-electron chi connectivity index (χ0n) is 12.6. The highest BCUT2D eigenvalue weighted by atomic mass is 32.2. The number of piperidine rings is 1. The summed E-state index contributed by atoms with van der Waals surface area (Å²) in [5.74, 6) is 1.41. The molecule has 1 aromatic rings. The first-order valence-electron chi connectivity index (χ1n) is 7.50. The Bertz CT molecular complexity index is 458. The van der Waals surface area contributed by atoms with Gasteiger partial charge in [-0.25, -0.2) is 4.98 Å². The molecule has 5 nitrogen and oxygen atoms in total. The second-order valence-electron chi connectivity index (χ2n) is 5.21. The van der Waals surface area contributed by atoms with E-state index in [1.807, 2.05) is 11.8 Å². The van der Waals surface area contributed by atoms with E-state index >= 15 is 0 Å². The van der Waals surface area contributed by atoms with Crippen molar-refractivity contribution in [2.75, 3.05) is 42.3 Å². The lowest BCUT2D eigenvalue weighted by atomic mass is 10.1. The van der Waals surface area contributed by atoms with E-state index < -0.39 is 0 Å². The van der Waals surface area contributed by atoms with E-state index in [1.54, 1.807) is 0 Å². The fraction of sp³-hybridized carbons (Fsp3) is 0.714. The van der Waals surface area contributed by atoms with Crippen molar-refractivity contribution < 1.29 is 4.79 Å². The molecule has 2 rings (SSSR count). The van der Waals surface area contributed by atoms with Gasteiger partial charge in [0, 0.05) is 19.6 Å². The Morgan fingerprint density at radius 3 is 2.86 bits per heavy atom. The zero-order valence-corrected chi connectivity index (χ0v) is 14.2. The molecule has 1 amide bonds. The minimum Gasteiger partial charge on any atom is -0.382 e. The molecule has 1 aliphatic heterocycles.